The van der Waals surface area contributed by atoms with Crippen LogP contribution in [-0.4, -0.2) is 5.91 Å². The minimum Gasteiger partial charge on any atom is -0.349 e. The summed E-state index contributed by atoms with van der Waals surface area (Å²) in [6, 6.07) is 6.47. The van der Waals surface area contributed by atoms with E-state index in [-0.39, 0.29) is 17.8 Å². The summed E-state index contributed by atoms with van der Waals surface area (Å²) in [4.78, 5) is 11.5. The van der Waals surface area contributed by atoms with E-state index in [9.17, 15) is 9.18 Å². The first kappa shape index (κ1) is 11.1. The van der Waals surface area contributed by atoms with Crippen LogP contribution >= 0.6 is 0 Å². The van der Waals surface area contributed by atoms with Gasteiger partial charge in [0, 0.05) is 6.42 Å². The molecule has 0 spiro atoms. The van der Waals surface area contributed by atoms with Crippen molar-refractivity contribution in [1.82, 2.24) is 5.32 Å². The summed E-state index contributed by atoms with van der Waals surface area (Å²) in [6.07, 6.45) is 4.61. The molecule has 0 bridgehead atoms. The van der Waals surface area contributed by atoms with Gasteiger partial charge in [-0.2, -0.15) is 0 Å². The van der Waals surface area contributed by atoms with Gasteiger partial charge in [-0.3, -0.25) is 4.79 Å². The van der Waals surface area contributed by atoms with E-state index < -0.39 is 0 Å². The largest absolute Gasteiger partial charge is 0.349 e. The molecule has 0 saturated carbocycles. The van der Waals surface area contributed by atoms with Gasteiger partial charge in [-0.1, -0.05) is 25.0 Å². The lowest BCUT2D eigenvalue weighted by atomic mass is 9.97. The topological polar surface area (TPSA) is 29.1 Å². The van der Waals surface area contributed by atoms with Crippen molar-refractivity contribution in [2.24, 2.45) is 0 Å². The van der Waals surface area contributed by atoms with Gasteiger partial charge in [0.1, 0.15) is 5.82 Å². The van der Waals surface area contributed by atoms with Gasteiger partial charge in [0.05, 0.1) is 6.04 Å². The minimum atomic E-state index is -0.242. The van der Waals surface area contributed by atoms with Crippen LogP contribution in [0.4, 0.5) is 4.39 Å². The van der Waals surface area contributed by atoms with Crippen molar-refractivity contribution in [3.8, 4) is 0 Å². The molecule has 1 N–H and O–H groups in total. The number of carbonyl (C=O) groups excluding carboxylic acids is 1. The number of benzene rings is 1. The maximum absolute atomic E-state index is 13.1. The zero-order valence-electron chi connectivity index (χ0n) is 9.21. The molecule has 1 amide bonds. The molecule has 1 aromatic carbocycles. The fraction of sp³-hybridized carbons (Fsp3) is 0.462. The lowest BCUT2D eigenvalue weighted by Gasteiger charge is -2.21. The molecule has 86 valence electrons. The Bertz CT molecular complexity index is 378. The Morgan fingerprint density at radius 2 is 2.12 bits per heavy atom. The Morgan fingerprint density at radius 1 is 1.25 bits per heavy atom. The molecule has 1 aromatic rings. The normalized spacial score (nSPS) is 22.1. The van der Waals surface area contributed by atoms with Crippen molar-refractivity contribution in [3.63, 3.8) is 0 Å². The Balaban J connectivity index is 2.14. The van der Waals surface area contributed by atoms with Crippen molar-refractivity contribution >= 4 is 5.91 Å². The van der Waals surface area contributed by atoms with E-state index in [4.69, 9.17) is 0 Å². The van der Waals surface area contributed by atoms with Crippen molar-refractivity contribution in [2.75, 3.05) is 0 Å². The van der Waals surface area contributed by atoms with Crippen LogP contribution in [0.25, 0.3) is 0 Å². The van der Waals surface area contributed by atoms with Crippen LogP contribution in [0.5, 0.6) is 0 Å². The van der Waals surface area contributed by atoms with Gasteiger partial charge in [0.15, 0.2) is 0 Å². The van der Waals surface area contributed by atoms with Gasteiger partial charge in [-0.15, -0.1) is 0 Å². The van der Waals surface area contributed by atoms with Crippen LogP contribution < -0.4 is 5.32 Å². The van der Waals surface area contributed by atoms with E-state index in [1.807, 2.05) is 6.07 Å². The van der Waals surface area contributed by atoms with Crippen molar-refractivity contribution < 1.29 is 9.18 Å². The molecule has 2 nitrogen and oxygen atoms in total. The first-order valence-electron chi connectivity index (χ1n) is 5.80. The van der Waals surface area contributed by atoms with E-state index in [2.05, 4.69) is 5.32 Å². The van der Waals surface area contributed by atoms with E-state index in [1.54, 1.807) is 6.07 Å². The second-order valence-corrected chi connectivity index (χ2v) is 4.27. The lowest BCUT2D eigenvalue weighted by molar-refractivity contribution is -0.122. The Labute approximate surface area is 94.9 Å². The first-order chi connectivity index (χ1) is 7.75. The molecule has 1 unspecified atom stereocenters. The number of nitrogens with one attached hydrogen (secondary N) is 1. The summed E-state index contributed by atoms with van der Waals surface area (Å²) in [7, 11) is 0. The number of rotatable bonds is 1. The van der Waals surface area contributed by atoms with Crippen molar-refractivity contribution in [1.29, 1.82) is 0 Å². The highest BCUT2D eigenvalue weighted by atomic mass is 19.1. The number of hydrogen-bond acceptors (Lipinski definition) is 1. The van der Waals surface area contributed by atoms with Crippen molar-refractivity contribution in [3.05, 3.63) is 35.6 Å². The summed E-state index contributed by atoms with van der Waals surface area (Å²) < 4.78 is 13.1. The maximum atomic E-state index is 13.1. The molecular formula is C13H16FNO. The first-order valence-corrected chi connectivity index (χ1v) is 5.80. The van der Waals surface area contributed by atoms with Crippen LogP contribution in [0.1, 0.15) is 43.7 Å². The van der Waals surface area contributed by atoms with E-state index in [1.165, 1.54) is 12.1 Å². The van der Waals surface area contributed by atoms with Gasteiger partial charge in [-0.25, -0.2) is 4.39 Å². The van der Waals surface area contributed by atoms with Crippen LogP contribution in [0.15, 0.2) is 24.3 Å². The molecule has 1 saturated heterocycles. The smallest absolute Gasteiger partial charge is 0.220 e. The van der Waals surface area contributed by atoms with Gasteiger partial charge in [-0.05, 0) is 30.5 Å². The Kier molecular flexibility index (Phi) is 3.54. The maximum Gasteiger partial charge on any atom is 0.220 e. The van der Waals surface area contributed by atoms with Crippen LogP contribution in [-0.2, 0) is 4.79 Å². The quantitative estimate of drug-likeness (QED) is 0.776. The standard InChI is InChI=1S/C13H16FNO/c14-11-6-4-5-10(9-11)12-7-2-1-3-8-13(16)15-12/h4-6,9,12H,1-3,7-8H2,(H,15,16). The molecule has 1 aliphatic heterocycles. The predicted molar refractivity (Wildman–Crippen MR) is 60.4 cm³/mol. The highest BCUT2D eigenvalue weighted by molar-refractivity contribution is 5.76. The fourth-order valence-corrected chi connectivity index (χ4v) is 2.12. The van der Waals surface area contributed by atoms with Gasteiger partial charge in [0.2, 0.25) is 5.91 Å². The van der Waals surface area contributed by atoms with Gasteiger partial charge in [0.25, 0.3) is 0 Å². The fourth-order valence-electron chi connectivity index (χ4n) is 2.12. The van der Waals surface area contributed by atoms with E-state index in [0.29, 0.717) is 6.42 Å². The van der Waals surface area contributed by atoms with Crippen LogP contribution in [0, 0.1) is 5.82 Å². The molecule has 0 aromatic heterocycles. The molecule has 16 heavy (non-hydrogen) atoms. The third kappa shape index (κ3) is 2.81. The Hall–Kier alpha value is -1.38. The third-order valence-corrected chi connectivity index (χ3v) is 2.98. The molecule has 0 radical (unpaired) electrons. The summed E-state index contributed by atoms with van der Waals surface area (Å²) in [6.45, 7) is 0. The highest BCUT2D eigenvalue weighted by Gasteiger charge is 2.16. The SMILES string of the molecule is O=C1CCCCCC(c2cccc(F)c2)N1. The molecule has 2 rings (SSSR count). The highest BCUT2D eigenvalue weighted by Crippen LogP contribution is 2.23. The minimum absolute atomic E-state index is 0.0245. The van der Waals surface area contributed by atoms with Gasteiger partial charge >= 0.3 is 0 Å². The number of carbonyl (C=O) groups is 1. The predicted octanol–water partition coefficient (Wildman–Crippen LogP) is 2.95. The van der Waals surface area contributed by atoms with E-state index >= 15 is 0 Å². The molecule has 1 aliphatic rings. The molecular weight excluding hydrogens is 205 g/mol. The van der Waals surface area contributed by atoms with Crippen LogP contribution in [0.3, 0.4) is 0 Å². The summed E-state index contributed by atoms with van der Waals surface area (Å²) in [5, 5.41) is 2.96. The summed E-state index contributed by atoms with van der Waals surface area (Å²) in [5.41, 5.74) is 0.871. The molecule has 0 aliphatic carbocycles. The average molecular weight is 221 g/mol. The molecule has 3 heteroatoms. The number of halogens is 1. The molecule has 1 heterocycles. The summed E-state index contributed by atoms with van der Waals surface area (Å²) in [5.74, 6) is -0.164. The average Bonchev–Trinajstić information content (AvgIpc) is 2.23. The number of hydrogen-bond donors (Lipinski definition) is 1. The van der Waals surface area contributed by atoms with Gasteiger partial charge < -0.3 is 5.32 Å². The molecule has 1 atom stereocenters. The molecule has 1 fully saturated rings. The zero-order chi connectivity index (χ0) is 11.4. The summed E-state index contributed by atoms with van der Waals surface area (Å²) >= 11 is 0. The monoisotopic (exact) mass is 221 g/mol. The van der Waals surface area contributed by atoms with E-state index in [0.717, 1.165) is 31.2 Å². The number of amides is 1. The second-order valence-electron chi connectivity index (χ2n) is 4.27. The Morgan fingerprint density at radius 3 is 2.94 bits per heavy atom. The van der Waals surface area contributed by atoms with Crippen molar-refractivity contribution in [2.45, 2.75) is 38.1 Å². The lowest BCUT2D eigenvalue weighted by Crippen LogP contribution is -2.29. The van der Waals surface area contributed by atoms with Crippen LogP contribution in [0.2, 0.25) is 0 Å². The zero-order valence-corrected chi connectivity index (χ0v) is 9.21. The second kappa shape index (κ2) is 5.10. The third-order valence-electron chi connectivity index (χ3n) is 2.98.